The Morgan fingerprint density at radius 1 is 1.16 bits per heavy atom. The van der Waals surface area contributed by atoms with Crippen LogP contribution in [-0.2, 0) is 6.54 Å². The predicted molar refractivity (Wildman–Crippen MR) is 80.6 cm³/mol. The molecule has 0 aromatic carbocycles. The molecule has 106 valence electrons. The van der Waals surface area contributed by atoms with Gasteiger partial charge in [-0.15, -0.1) is 11.3 Å². The minimum Gasteiger partial charge on any atom is -0.300 e. The first-order chi connectivity index (χ1) is 9.31. The van der Waals surface area contributed by atoms with E-state index >= 15 is 0 Å². The van der Waals surface area contributed by atoms with Gasteiger partial charge >= 0.3 is 0 Å². The molecule has 4 heteroatoms. The number of likely N-dealkylation sites (tertiary alicyclic amines) is 2. The minimum absolute atomic E-state index is 0.855. The van der Waals surface area contributed by atoms with E-state index in [1.54, 1.807) is 11.3 Å². The Labute approximate surface area is 120 Å². The van der Waals surface area contributed by atoms with Crippen molar-refractivity contribution >= 4 is 11.3 Å². The van der Waals surface area contributed by atoms with Crippen LogP contribution in [0.5, 0.6) is 0 Å². The number of piperidine rings is 2. The molecule has 2 fully saturated rings. The molecule has 0 unspecified atom stereocenters. The quantitative estimate of drug-likeness (QED) is 0.848. The van der Waals surface area contributed by atoms with Gasteiger partial charge in [-0.05, 0) is 45.7 Å². The largest absolute Gasteiger partial charge is 0.300 e. The van der Waals surface area contributed by atoms with Crippen molar-refractivity contribution in [1.29, 1.82) is 0 Å². The molecule has 2 aliphatic rings. The zero-order chi connectivity index (χ0) is 13.1. The van der Waals surface area contributed by atoms with Crippen LogP contribution in [0.4, 0.5) is 0 Å². The number of nitrogens with zero attached hydrogens (tertiary/aromatic N) is 3. The van der Waals surface area contributed by atoms with Gasteiger partial charge in [-0.2, -0.15) is 0 Å². The number of aryl methyl sites for hydroxylation is 1. The molecule has 1 aromatic heterocycles. The minimum atomic E-state index is 0.855. The Balaban J connectivity index is 1.46. The van der Waals surface area contributed by atoms with Gasteiger partial charge in [0.15, 0.2) is 0 Å². The van der Waals surface area contributed by atoms with E-state index in [2.05, 4.69) is 27.1 Å². The summed E-state index contributed by atoms with van der Waals surface area (Å²) in [4.78, 5) is 9.90. The first kappa shape index (κ1) is 13.5. The summed E-state index contributed by atoms with van der Waals surface area (Å²) in [6, 6.07) is 0.855. The predicted octanol–water partition coefficient (Wildman–Crippen LogP) is 2.90. The smallest absolute Gasteiger partial charge is 0.0897 e. The summed E-state index contributed by atoms with van der Waals surface area (Å²) < 4.78 is 0. The van der Waals surface area contributed by atoms with Crippen molar-refractivity contribution in [3.05, 3.63) is 16.1 Å². The van der Waals surface area contributed by atoms with E-state index in [9.17, 15) is 0 Å². The highest BCUT2D eigenvalue weighted by atomic mass is 32.1. The van der Waals surface area contributed by atoms with Crippen LogP contribution >= 0.6 is 11.3 Å². The van der Waals surface area contributed by atoms with E-state index in [-0.39, 0.29) is 0 Å². The van der Waals surface area contributed by atoms with Gasteiger partial charge in [-0.1, -0.05) is 6.42 Å². The van der Waals surface area contributed by atoms with Crippen molar-refractivity contribution in [2.45, 2.75) is 51.6 Å². The first-order valence-electron chi connectivity index (χ1n) is 7.69. The van der Waals surface area contributed by atoms with Gasteiger partial charge in [-0.3, -0.25) is 4.90 Å². The molecule has 2 saturated heterocycles. The first-order valence-corrected chi connectivity index (χ1v) is 8.56. The number of hydrogen-bond donors (Lipinski definition) is 0. The van der Waals surface area contributed by atoms with E-state index in [0.717, 1.165) is 12.6 Å². The second kappa shape index (κ2) is 6.33. The lowest BCUT2D eigenvalue weighted by molar-refractivity contribution is 0.0892. The third-order valence-corrected chi connectivity index (χ3v) is 5.34. The monoisotopic (exact) mass is 279 g/mol. The molecule has 2 aliphatic heterocycles. The van der Waals surface area contributed by atoms with Gasteiger partial charge in [0.1, 0.15) is 0 Å². The lowest BCUT2D eigenvalue weighted by atomic mass is 10.00. The Kier molecular flexibility index (Phi) is 4.51. The van der Waals surface area contributed by atoms with E-state index in [0.29, 0.717) is 0 Å². The van der Waals surface area contributed by atoms with Gasteiger partial charge in [-0.25, -0.2) is 4.98 Å². The molecular weight excluding hydrogens is 254 g/mol. The topological polar surface area (TPSA) is 19.4 Å². The van der Waals surface area contributed by atoms with Crippen molar-refractivity contribution in [3.8, 4) is 0 Å². The zero-order valence-electron chi connectivity index (χ0n) is 12.0. The van der Waals surface area contributed by atoms with Crippen LogP contribution in [0.25, 0.3) is 0 Å². The third kappa shape index (κ3) is 3.56. The van der Waals surface area contributed by atoms with Crippen LogP contribution in [0, 0.1) is 6.92 Å². The van der Waals surface area contributed by atoms with Gasteiger partial charge in [0.25, 0.3) is 0 Å². The summed E-state index contributed by atoms with van der Waals surface area (Å²) in [6.07, 6.45) is 6.97. The van der Waals surface area contributed by atoms with Crippen molar-refractivity contribution in [3.63, 3.8) is 0 Å². The van der Waals surface area contributed by atoms with Crippen LogP contribution in [0.3, 0.4) is 0 Å². The molecule has 3 nitrogen and oxygen atoms in total. The molecule has 3 heterocycles. The maximum Gasteiger partial charge on any atom is 0.0897 e. The van der Waals surface area contributed by atoms with Gasteiger partial charge in [0.2, 0.25) is 0 Å². The second-order valence-corrected chi connectivity index (χ2v) is 7.02. The van der Waals surface area contributed by atoms with E-state index in [1.165, 1.54) is 69.0 Å². The van der Waals surface area contributed by atoms with Crippen molar-refractivity contribution in [1.82, 2.24) is 14.8 Å². The number of hydrogen-bond acceptors (Lipinski definition) is 4. The Bertz CT molecular complexity index is 390. The number of thiazole rings is 1. The maximum atomic E-state index is 4.58. The van der Waals surface area contributed by atoms with Crippen LogP contribution in [0.15, 0.2) is 5.38 Å². The molecule has 0 saturated carbocycles. The Hall–Kier alpha value is -0.450. The fourth-order valence-corrected chi connectivity index (χ4v) is 4.04. The Morgan fingerprint density at radius 3 is 2.53 bits per heavy atom. The number of rotatable bonds is 3. The Morgan fingerprint density at radius 2 is 1.89 bits per heavy atom. The SMILES string of the molecule is Cc1nc(CN2CCC(N3CCCCC3)CC2)cs1. The summed E-state index contributed by atoms with van der Waals surface area (Å²) in [6.45, 7) is 8.33. The van der Waals surface area contributed by atoms with Crippen LogP contribution in [0.1, 0.15) is 42.8 Å². The molecule has 0 radical (unpaired) electrons. The van der Waals surface area contributed by atoms with Gasteiger partial charge in [0, 0.05) is 31.1 Å². The van der Waals surface area contributed by atoms with E-state index in [1.807, 2.05) is 0 Å². The summed E-state index contributed by atoms with van der Waals surface area (Å²) in [7, 11) is 0. The molecule has 19 heavy (non-hydrogen) atoms. The maximum absolute atomic E-state index is 4.58. The van der Waals surface area contributed by atoms with E-state index < -0.39 is 0 Å². The van der Waals surface area contributed by atoms with Gasteiger partial charge < -0.3 is 4.90 Å². The lowest BCUT2D eigenvalue weighted by Crippen LogP contribution is -2.46. The molecule has 0 aliphatic carbocycles. The molecule has 0 atom stereocenters. The fraction of sp³-hybridized carbons (Fsp3) is 0.800. The average Bonchev–Trinajstić information content (AvgIpc) is 2.86. The lowest BCUT2D eigenvalue weighted by Gasteiger charge is -2.40. The molecule has 0 spiro atoms. The highest BCUT2D eigenvalue weighted by Gasteiger charge is 2.25. The summed E-state index contributed by atoms with van der Waals surface area (Å²) in [5.41, 5.74) is 1.26. The highest BCUT2D eigenvalue weighted by Crippen LogP contribution is 2.22. The zero-order valence-corrected chi connectivity index (χ0v) is 12.8. The standard InChI is InChI=1S/C15H25N3S/c1-13-16-14(12-19-13)11-17-9-5-15(6-10-17)18-7-3-2-4-8-18/h12,15H,2-11H2,1H3. The molecule has 1 aromatic rings. The van der Waals surface area contributed by atoms with Gasteiger partial charge in [0.05, 0.1) is 10.7 Å². The average molecular weight is 279 g/mol. The molecule has 0 amide bonds. The molecule has 3 rings (SSSR count). The van der Waals surface area contributed by atoms with Crippen LogP contribution in [-0.4, -0.2) is 47.0 Å². The highest BCUT2D eigenvalue weighted by molar-refractivity contribution is 7.09. The van der Waals surface area contributed by atoms with Crippen LogP contribution < -0.4 is 0 Å². The van der Waals surface area contributed by atoms with Crippen molar-refractivity contribution in [2.75, 3.05) is 26.2 Å². The normalized spacial score (nSPS) is 23.8. The fourth-order valence-electron chi connectivity index (χ4n) is 3.44. The van der Waals surface area contributed by atoms with E-state index in [4.69, 9.17) is 0 Å². The van der Waals surface area contributed by atoms with Crippen molar-refractivity contribution in [2.24, 2.45) is 0 Å². The third-order valence-electron chi connectivity index (χ3n) is 4.52. The summed E-state index contributed by atoms with van der Waals surface area (Å²) in [5.74, 6) is 0. The second-order valence-electron chi connectivity index (χ2n) is 5.96. The van der Waals surface area contributed by atoms with Crippen molar-refractivity contribution < 1.29 is 0 Å². The van der Waals surface area contributed by atoms with Crippen LogP contribution in [0.2, 0.25) is 0 Å². The molecule has 0 bridgehead atoms. The molecular formula is C15H25N3S. The summed E-state index contributed by atoms with van der Waals surface area (Å²) >= 11 is 1.77. The summed E-state index contributed by atoms with van der Waals surface area (Å²) in [5, 5.41) is 3.41. The molecule has 0 N–H and O–H groups in total. The number of aromatic nitrogens is 1.